The molecule has 1 rings (SSSR count). The van der Waals surface area contributed by atoms with E-state index in [1.807, 2.05) is 19.2 Å². The lowest BCUT2D eigenvalue weighted by atomic mass is 10.1. The van der Waals surface area contributed by atoms with Crippen molar-refractivity contribution in [1.82, 2.24) is 5.32 Å². The summed E-state index contributed by atoms with van der Waals surface area (Å²) in [6.45, 7) is 1.04. The SMILES string of the molecule is CNCCCCc1cc(Cl)c(N)c(Cl)c1. The second-order valence-corrected chi connectivity index (χ2v) is 4.35. The highest BCUT2D eigenvalue weighted by Gasteiger charge is 2.04. The first-order chi connectivity index (χ1) is 7.15. The van der Waals surface area contributed by atoms with E-state index in [1.165, 1.54) is 0 Å². The first kappa shape index (κ1) is 12.6. The molecule has 0 amide bonds. The molecule has 0 atom stereocenters. The van der Waals surface area contributed by atoms with Crippen LogP contribution in [0.2, 0.25) is 10.0 Å². The van der Waals surface area contributed by atoms with Gasteiger partial charge in [-0.2, -0.15) is 0 Å². The van der Waals surface area contributed by atoms with E-state index in [0.29, 0.717) is 15.7 Å². The molecule has 0 saturated carbocycles. The summed E-state index contributed by atoms with van der Waals surface area (Å²) in [6, 6.07) is 3.78. The zero-order valence-corrected chi connectivity index (χ0v) is 10.3. The van der Waals surface area contributed by atoms with Crippen molar-refractivity contribution in [2.45, 2.75) is 19.3 Å². The predicted molar refractivity (Wildman–Crippen MR) is 67.7 cm³/mol. The third-order valence-electron chi connectivity index (χ3n) is 2.28. The van der Waals surface area contributed by atoms with Crippen LogP contribution in [0.1, 0.15) is 18.4 Å². The van der Waals surface area contributed by atoms with Crippen molar-refractivity contribution >= 4 is 28.9 Å². The number of benzene rings is 1. The number of anilines is 1. The topological polar surface area (TPSA) is 38.0 Å². The fourth-order valence-electron chi connectivity index (χ4n) is 1.41. The zero-order valence-electron chi connectivity index (χ0n) is 8.82. The maximum atomic E-state index is 5.94. The molecule has 0 saturated heterocycles. The third kappa shape index (κ3) is 3.90. The Balaban J connectivity index is 2.55. The molecular formula is C11H16Cl2N2. The van der Waals surface area contributed by atoms with E-state index in [9.17, 15) is 0 Å². The van der Waals surface area contributed by atoms with E-state index < -0.39 is 0 Å². The van der Waals surface area contributed by atoms with Gasteiger partial charge in [0.05, 0.1) is 15.7 Å². The minimum atomic E-state index is 0.470. The average molecular weight is 247 g/mol. The molecule has 1 aromatic carbocycles. The van der Waals surface area contributed by atoms with Gasteiger partial charge in [-0.15, -0.1) is 0 Å². The number of nitrogen functional groups attached to an aromatic ring is 1. The highest BCUT2D eigenvalue weighted by atomic mass is 35.5. The smallest absolute Gasteiger partial charge is 0.0693 e. The molecule has 0 radical (unpaired) electrons. The summed E-state index contributed by atoms with van der Waals surface area (Å²) in [4.78, 5) is 0. The second-order valence-electron chi connectivity index (χ2n) is 3.53. The Morgan fingerprint density at radius 1 is 1.20 bits per heavy atom. The van der Waals surface area contributed by atoms with Gasteiger partial charge in [0.15, 0.2) is 0 Å². The third-order valence-corrected chi connectivity index (χ3v) is 2.91. The molecule has 0 heterocycles. The number of rotatable bonds is 5. The molecule has 2 nitrogen and oxygen atoms in total. The summed E-state index contributed by atoms with van der Waals surface area (Å²) in [7, 11) is 1.96. The van der Waals surface area contributed by atoms with Gasteiger partial charge in [-0.25, -0.2) is 0 Å². The van der Waals surface area contributed by atoms with E-state index in [-0.39, 0.29) is 0 Å². The first-order valence-corrected chi connectivity index (χ1v) is 5.78. The van der Waals surface area contributed by atoms with Crippen molar-refractivity contribution in [2.75, 3.05) is 19.3 Å². The van der Waals surface area contributed by atoms with Crippen LogP contribution in [0.15, 0.2) is 12.1 Å². The molecule has 4 heteroatoms. The summed E-state index contributed by atoms with van der Waals surface area (Å²) in [5.74, 6) is 0. The van der Waals surface area contributed by atoms with Crippen molar-refractivity contribution in [3.05, 3.63) is 27.7 Å². The lowest BCUT2D eigenvalue weighted by Crippen LogP contribution is -2.07. The number of hydrogen-bond donors (Lipinski definition) is 2. The summed E-state index contributed by atoms with van der Waals surface area (Å²) in [5.41, 5.74) is 7.27. The second kappa shape index (κ2) is 6.21. The number of nitrogens with two attached hydrogens (primary N) is 1. The molecular weight excluding hydrogens is 231 g/mol. The molecule has 0 spiro atoms. The largest absolute Gasteiger partial charge is 0.396 e. The molecule has 0 unspecified atom stereocenters. The van der Waals surface area contributed by atoms with Crippen LogP contribution in [0.4, 0.5) is 5.69 Å². The maximum absolute atomic E-state index is 5.94. The van der Waals surface area contributed by atoms with Gasteiger partial charge in [0.1, 0.15) is 0 Å². The molecule has 84 valence electrons. The van der Waals surface area contributed by atoms with Crippen molar-refractivity contribution < 1.29 is 0 Å². The average Bonchev–Trinajstić information content (AvgIpc) is 2.21. The number of aryl methyl sites for hydroxylation is 1. The van der Waals surface area contributed by atoms with E-state index in [0.717, 1.165) is 31.4 Å². The van der Waals surface area contributed by atoms with Gasteiger partial charge in [-0.1, -0.05) is 23.2 Å². The highest BCUT2D eigenvalue weighted by Crippen LogP contribution is 2.29. The molecule has 0 aliphatic heterocycles. The van der Waals surface area contributed by atoms with E-state index >= 15 is 0 Å². The Labute approximate surface area is 101 Å². The van der Waals surface area contributed by atoms with Crippen LogP contribution < -0.4 is 11.1 Å². The normalized spacial score (nSPS) is 10.6. The molecule has 1 aromatic rings. The zero-order chi connectivity index (χ0) is 11.3. The molecule has 15 heavy (non-hydrogen) atoms. The lowest BCUT2D eigenvalue weighted by molar-refractivity contribution is 0.677. The number of nitrogens with one attached hydrogen (secondary N) is 1. The lowest BCUT2D eigenvalue weighted by Gasteiger charge is -2.06. The minimum Gasteiger partial charge on any atom is -0.396 e. The van der Waals surface area contributed by atoms with Crippen LogP contribution in [-0.2, 0) is 6.42 Å². The number of unbranched alkanes of at least 4 members (excludes halogenated alkanes) is 1. The summed E-state index contributed by atoms with van der Waals surface area (Å²) in [6.07, 6.45) is 3.26. The molecule has 3 N–H and O–H groups in total. The number of hydrogen-bond acceptors (Lipinski definition) is 2. The van der Waals surface area contributed by atoms with Gasteiger partial charge in [0, 0.05) is 0 Å². The molecule has 0 aromatic heterocycles. The fraction of sp³-hybridized carbons (Fsp3) is 0.455. The van der Waals surface area contributed by atoms with Crippen molar-refractivity contribution in [2.24, 2.45) is 0 Å². The van der Waals surface area contributed by atoms with Gasteiger partial charge in [-0.3, -0.25) is 0 Å². The summed E-state index contributed by atoms with van der Waals surface area (Å²) >= 11 is 11.9. The van der Waals surface area contributed by atoms with Crippen LogP contribution in [-0.4, -0.2) is 13.6 Å². The number of halogens is 2. The quantitative estimate of drug-likeness (QED) is 0.619. The monoisotopic (exact) mass is 246 g/mol. The van der Waals surface area contributed by atoms with Crippen LogP contribution in [0.5, 0.6) is 0 Å². The molecule has 0 fully saturated rings. The highest BCUT2D eigenvalue weighted by molar-refractivity contribution is 6.38. The van der Waals surface area contributed by atoms with Gasteiger partial charge in [0.25, 0.3) is 0 Å². The van der Waals surface area contributed by atoms with E-state index in [4.69, 9.17) is 28.9 Å². The van der Waals surface area contributed by atoms with E-state index in [2.05, 4.69) is 5.32 Å². The predicted octanol–water partition coefficient (Wildman–Crippen LogP) is 3.12. The van der Waals surface area contributed by atoms with Crippen molar-refractivity contribution in [3.8, 4) is 0 Å². The first-order valence-electron chi connectivity index (χ1n) is 5.03. The standard InChI is InChI=1S/C11H16Cl2N2/c1-15-5-3-2-4-8-6-9(12)11(14)10(13)7-8/h6-7,15H,2-5,14H2,1H3. The maximum Gasteiger partial charge on any atom is 0.0693 e. The van der Waals surface area contributed by atoms with Gasteiger partial charge in [-0.05, 0) is 50.6 Å². The van der Waals surface area contributed by atoms with Crippen LogP contribution >= 0.6 is 23.2 Å². The van der Waals surface area contributed by atoms with Gasteiger partial charge < -0.3 is 11.1 Å². The Bertz CT molecular complexity index is 303. The van der Waals surface area contributed by atoms with Crippen molar-refractivity contribution in [1.29, 1.82) is 0 Å². The van der Waals surface area contributed by atoms with Gasteiger partial charge >= 0.3 is 0 Å². The Hall–Kier alpha value is -0.440. The summed E-state index contributed by atoms with van der Waals surface area (Å²) in [5, 5.41) is 4.21. The Morgan fingerprint density at radius 2 is 1.80 bits per heavy atom. The Kier molecular flexibility index (Phi) is 5.23. The molecule has 0 aliphatic carbocycles. The van der Waals surface area contributed by atoms with Gasteiger partial charge in [0.2, 0.25) is 0 Å². The fourth-order valence-corrected chi connectivity index (χ4v) is 1.94. The summed E-state index contributed by atoms with van der Waals surface area (Å²) < 4.78 is 0. The van der Waals surface area contributed by atoms with E-state index in [1.54, 1.807) is 0 Å². The van der Waals surface area contributed by atoms with Crippen LogP contribution in [0.25, 0.3) is 0 Å². The minimum absolute atomic E-state index is 0.470. The van der Waals surface area contributed by atoms with Crippen molar-refractivity contribution in [3.63, 3.8) is 0 Å². The van der Waals surface area contributed by atoms with Crippen LogP contribution in [0.3, 0.4) is 0 Å². The molecule has 0 aliphatic rings. The van der Waals surface area contributed by atoms with Crippen LogP contribution in [0, 0.1) is 0 Å². The molecule has 0 bridgehead atoms. The Morgan fingerprint density at radius 3 is 2.33 bits per heavy atom.